The van der Waals surface area contributed by atoms with E-state index in [9.17, 15) is 4.79 Å². The van der Waals surface area contributed by atoms with Crippen LogP contribution in [0.5, 0.6) is 0 Å². The van der Waals surface area contributed by atoms with Crippen molar-refractivity contribution < 1.29 is 9.53 Å². The van der Waals surface area contributed by atoms with Crippen molar-refractivity contribution in [3.8, 4) is 0 Å². The van der Waals surface area contributed by atoms with Gasteiger partial charge in [0.1, 0.15) is 6.61 Å². The normalized spacial score (nSPS) is 9.94. The van der Waals surface area contributed by atoms with Gasteiger partial charge in [-0.2, -0.15) is 0 Å². The van der Waals surface area contributed by atoms with Crippen LogP contribution in [0.3, 0.4) is 0 Å². The molecule has 17 heavy (non-hydrogen) atoms. The van der Waals surface area contributed by atoms with Crippen molar-refractivity contribution in [3.05, 3.63) is 65.5 Å². The Balaban J connectivity index is 1.95. The van der Waals surface area contributed by atoms with E-state index in [0.29, 0.717) is 5.56 Å². The summed E-state index contributed by atoms with van der Waals surface area (Å²) < 4.78 is 5.15. The number of esters is 1. The summed E-state index contributed by atoms with van der Waals surface area (Å²) in [6.07, 6.45) is 1.76. The molecule has 0 atom stereocenters. The summed E-state index contributed by atoms with van der Waals surface area (Å²) in [7, 11) is 0. The summed E-state index contributed by atoms with van der Waals surface area (Å²) in [5, 5.41) is 0. The first-order chi connectivity index (χ1) is 8.25. The van der Waals surface area contributed by atoms with E-state index in [-0.39, 0.29) is 12.6 Å². The molecule has 0 saturated carbocycles. The largest absolute Gasteiger partial charge is 0.456 e. The first-order valence-corrected chi connectivity index (χ1v) is 5.39. The van der Waals surface area contributed by atoms with Gasteiger partial charge in [0.2, 0.25) is 0 Å². The highest BCUT2D eigenvalue weighted by atomic mass is 16.5. The number of benzene rings is 1. The first kappa shape index (κ1) is 11.3. The molecule has 2 rings (SSSR count). The number of rotatable bonds is 3. The van der Waals surface area contributed by atoms with Crippen molar-refractivity contribution in [2.24, 2.45) is 0 Å². The molecule has 0 spiro atoms. The number of aryl methyl sites for hydroxylation is 1. The minimum atomic E-state index is -0.326. The van der Waals surface area contributed by atoms with Gasteiger partial charge in [-0.25, -0.2) is 4.79 Å². The fourth-order valence-corrected chi connectivity index (χ4v) is 1.38. The summed E-state index contributed by atoms with van der Waals surface area (Å²) in [6.45, 7) is 2.17. The topological polar surface area (TPSA) is 39.2 Å². The molecular formula is C14H13NO2. The lowest BCUT2D eigenvalue weighted by molar-refractivity contribution is 0.0468. The van der Waals surface area contributed by atoms with Gasteiger partial charge in [0.25, 0.3) is 0 Å². The average molecular weight is 227 g/mol. The Morgan fingerprint density at radius 3 is 2.59 bits per heavy atom. The van der Waals surface area contributed by atoms with Crippen molar-refractivity contribution in [2.45, 2.75) is 13.5 Å². The Morgan fingerprint density at radius 2 is 1.94 bits per heavy atom. The molecule has 3 nitrogen and oxygen atoms in total. The Kier molecular flexibility index (Phi) is 3.50. The van der Waals surface area contributed by atoms with E-state index in [1.165, 1.54) is 0 Å². The minimum absolute atomic E-state index is 0.202. The fourth-order valence-electron chi connectivity index (χ4n) is 1.38. The third-order valence-electron chi connectivity index (χ3n) is 2.33. The molecule has 0 aliphatic heterocycles. The Hall–Kier alpha value is -2.16. The van der Waals surface area contributed by atoms with E-state index >= 15 is 0 Å². The fraction of sp³-hybridized carbons (Fsp3) is 0.143. The van der Waals surface area contributed by atoms with Gasteiger partial charge in [0, 0.05) is 6.20 Å². The third-order valence-corrected chi connectivity index (χ3v) is 2.33. The molecule has 0 aliphatic rings. The number of hydrogen-bond acceptors (Lipinski definition) is 3. The van der Waals surface area contributed by atoms with Gasteiger partial charge in [-0.3, -0.25) is 4.98 Å². The van der Waals surface area contributed by atoms with Crippen molar-refractivity contribution >= 4 is 5.97 Å². The van der Waals surface area contributed by atoms with E-state index in [1.54, 1.807) is 30.5 Å². The van der Waals surface area contributed by atoms with Gasteiger partial charge in [0.05, 0.1) is 11.3 Å². The van der Waals surface area contributed by atoms with E-state index < -0.39 is 0 Å². The summed E-state index contributed by atoms with van der Waals surface area (Å²) >= 11 is 0. The molecule has 2 aromatic rings. The van der Waals surface area contributed by atoms with Crippen molar-refractivity contribution in [3.63, 3.8) is 0 Å². The highest BCUT2D eigenvalue weighted by Crippen LogP contribution is 2.05. The van der Waals surface area contributed by atoms with Crippen molar-refractivity contribution in [1.29, 1.82) is 0 Å². The zero-order valence-corrected chi connectivity index (χ0v) is 9.59. The molecule has 0 fully saturated rings. The molecule has 86 valence electrons. The van der Waals surface area contributed by atoms with E-state index in [2.05, 4.69) is 4.98 Å². The summed E-state index contributed by atoms with van der Waals surface area (Å²) in [6, 6.07) is 12.7. The Morgan fingerprint density at radius 1 is 1.18 bits per heavy atom. The van der Waals surface area contributed by atoms with Gasteiger partial charge < -0.3 is 4.74 Å². The monoisotopic (exact) mass is 227 g/mol. The molecule has 0 unspecified atom stereocenters. The molecular weight excluding hydrogens is 214 g/mol. The van der Waals surface area contributed by atoms with Crippen LogP contribution in [0.15, 0.2) is 48.7 Å². The highest BCUT2D eigenvalue weighted by molar-refractivity contribution is 5.89. The van der Waals surface area contributed by atoms with Crippen LogP contribution in [0.1, 0.15) is 21.6 Å². The number of carbonyl (C=O) groups excluding carboxylic acids is 1. The quantitative estimate of drug-likeness (QED) is 0.757. The second-order valence-electron chi connectivity index (χ2n) is 3.77. The number of ether oxygens (including phenoxy) is 1. The summed E-state index contributed by atoms with van der Waals surface area (Å²) in [4.78, 5) is 15.8. The van der Waals surface area contributed by atoms with Crippen LogP contribution >= 0.6 is 0 Å². The molecule has 1 aromatic heterocycles. The lowest BCUT2D eigenvalue weighted by atomic mass is 10.2. The lowest BCUT2D eigenvalue weighted by Gasteiger charge is -2.04. The SMILES string of the molecule is Cc1ccc(COC(=O)c2ccccc2)nc1. The maximum atomic E-state index is 11.6. The molecule has 0 bridgehead atoms. The summed E-state index contributed by atoms with van der Waals surface area (Å²) in [5.41, 5.74) is 2.39. The smallest absolute Gasteiger partial charge is 0.338 e. The maximum absolute atomic E-state index is 11.6. The van der Waals surface area contributed by atoms with Crippen molar-refractivity contribution in [2.75, 3.05) is 0 Å². The Labute approximate surface area is 100 Å². The lowest BCUT2D eigenvalue weighted by Crippen LogP contribution is -2.05. The van der Waals surface area contributed by atoms with Gasteiger partial charge >= 0.3 is 5.97 Å². The van der Waals surface area contributed by atoms with E-state index in [1.807, 2.05) is 25.1 Å². The number of nitrogens with zero attached hydrogens (tertiary/aromatic N) is 1. The Bertz CT molecular complexity index is 491. The summed E-state index contributed by atoms with van der Waals surface area (Å²) in [5.74, 6) is -0.326. The second-order valence-corrected chi connectivity index (χ2v) is 3.77. The predicted octanol–water partition coefficient (Wildman–Crippen LogP) is 2.75. The van der Waals surface area contributed by atoms with Crippen LogP contribution in [0, 0.1) is 6.92 Å². The number of hydrogen-bond donors (Lipinski definition) is 0. The minimum Gasteiger partial charge on any atom is -0.456 e. The molecule has 1 heterocycles. The first-order valence-electron chi connectivity index (χ1n) is 5.39. The standard InChI is InChI=1S/C14H13NO2/c1-11-7-8-13(15-9-11)10-17-14(16)12-5-3-2-4-6-12/h2-9H,10H2,1H3. The van der Waals surface area contributed by atoms with Crippen LogP contribution in [0.25, 0.3) is 0 Å². The van der Waals surface area contributed by atoms with Crippen LogP contribution in [0.4, 0.5) is 0 Å². The van der Waals surface area contributed by atoms with Gasteiger partial charge in [-0.1, -0.05) is 24.3 Å². The van der Waals surface area contributed by atoms with Crippen LogP contribution in [-0.4, -0.2) is 11.0 Å². The highest BCUT2D eigenvalue weighted by Gasteiger charge is 2.06. The van der Waals surface area contributed by atoms with E-state index in [4.69, 9.17) is 4.74 Å². The molecule has 3 heteroatoms. The van der Waals surface area contributed by atoms with Gasteiger partial charge in [0.15, 0.2) is 0 Å². The van der Waals surface area contributed by atoms with Gasteiger partial charge in [-0.15, -0.1) is 0 Å². The molecule has 1 aromatic carbocycles. The van der Waals surface area contributed by atoms with Crippen LogP contribution in [0.2, 0.25) is 0 Å². The molecule has 0 aliphatic carbocycles. The third kappa shape index (κ3) is 3.14. The molecule has 0 radical (unpaired) electrons. The van der Waals surface area contributed by atoms with E-state index in [0.717, 1.165) is 11.3 Å². The zero-order valence-electron chi connectivity index (χ0n) is 9.59. The number of pyridine rings is 1. The second kappa shape index (κ2) is 5.25. The van der Waals surface area contributed by atoms with Crippen molar-refractivity contribution in [1.82, 2.24) is 4.98 Å². The van der Waals surface area contributed by atoms with Crippen LogP contribution in [-0.2, 0) is 11.3 Å². The maximum Gasteiger partial charge on any atom is 0.338 e. The zero-order chi connectivity index (χ0) is 12.1. The number of carbonyl (C=O) groups is 1. The number of aromatic nitrogens is 1. The van der Waals surface area contributed by atoms with Crippen LogP contribution < -0.4 is 0 Å². The molecule has 0 N–H and O–H groups in total. The molecule has 0 amide bonds. The molecule has 0 saturated heterocycles. The van der Waals surface area contributed by atoms with Gasteiger partial charge in [-0.05, 0) is 30.7 Å². The predicted molar refractivity (Wildman–Crippen MR) is 64.5 cm³/mol. The average Bonchev–Trinajstić information content (AvgIpc) is 2.39.